The van der Waals surface area contributed by atoms with Crippen molar-refractivity contribution in [3.05, 3.63) is 71.0 Å². The third kappa shape index (κ3) is 3.34. The second-order valence-electron chi connectivity index (χ2n) is 5.25. The van der Waals surface area contributed by atoms with Gasteiger partial charge < -0.3 is 5.32 Å². The Morgan fingerprint density at radius 1 is 1.14 bits per heavy atom. The molecule has 0 fully saturated rings. The van der Waals surface area contributed by atoms with E-state index in [1.54, 1.807) is 0 Å². The number of amides is 1. The predicted octanol–water partition coefficient (Wildman–Crippen LogP) is 3.84. The summed E-state index contributed by atoms with van der Waals surface area (Å²) in [5, 5.41) is 5.25. The molecule has 0 atom stereocenters. The second-order valence-corrected chi connectivity index (χ2v) is 6.17. The Kier molecular flexibility index (Phi) is 4.20. The van der Waals surface area contributed by atoms with Gasteiger partial charge in [0, 0.05) is 21.6 Å². The zero-order chi connectivity index (χ0) is 15.5. The maximum absolute atomic E-state index is 12.2. The summed E-state index contributed by atoms with van der Waals surface area (Å²) in [7, 11) is 0. The highest BCUT2D eigenvalue weighted by molar-refractivity contribution is 9.10. The molecule has 1 aromatic heterocycles. The van der Waals surface area contributed by atoms with Crippen LogP contribution in [0.2, 0.25) is 0 Å². The molecule has 0 radical (unpaired) electrons. The number of nitrogens with zero attached hydrogens (tertiary/aromatic N) is 1. The molecule has 2 aromatic carbocycles. The van der Waals surface area contributed by atoms with E-state index in [1.807, 2.05) is 66.3 Å². The molecule has 0 unspecified atom stereocenters. The third-order valence-electron chi connectivity index (χ3n) is 3.54. The van der Waals surface area contributed by atoms with E-state index in [0.717, 1.165) is 21.1 Å². The van der Waals surface area contributed by atoms with Gasteiger partial charge in [0.1, 0.15) is 0 Å². The lowest BCUT2D eigenvalue weighted by molar-refractivity contribution is -0.682. The Hall–Kier alpha value is -2.20. The summed E-state index contributed by atoms with van der Waals surface area (Å²) in [6.45, 7) is 2.27. The normalized spacial score (nSPS) is 10.6. The summed E-state index contributed by atoms with van der Waals surface area (Å²) in [6.07, 6.45) is 3.92. The van der Waals surface area contributed by atoms with E-state index >= 15 is 0 Å². The zero-order valence-corrected chi connectivity index (χ0v) is 13.8. The molecule has 0 saturated carbocycles. The van der Waals surface area contributed by atoms with Gasteiger partial charge in [-0.1, -0.05) is 34.1 Å². The molecule has 0 bridgehead atoms. The average Bonchev–Trinajstić information content (AvgIpc) is 2.50. The first-order valence-electron chi connectivity index (χ1n) is 7.06. The summed E-state index contributed by atoms with van der Waals surface area (Å²) in [6, 6.07) is 15.9. The maximum atomic E-state index is 12.2. The van der Waals surface area contributed by atoms with Crippen LogP contribution in [0.25, 0.3) is 10.8 Å². The molecule has 1 amide bonds. The van der Waals surface area contributed by atoms with Gasteiger partial charge in [-0.25, -0.2) is 0 Å². The number of rotatable bonds is 3. The maximum Gasteiger partial charge on any atom is 0.290 e. The van der Waals surface area contributed by atoms with Crippen molar-refractivity contribution in [3.8, 4) is 0 Å². The van der Waals surface area contributed by atoms with E-state index in [4.69, 9.17) is 0 Å². The van der Waals surface area contributed by atoms with Gasteiger partial charge in [0.15, 0.2) is 12.4 Å². The molecule has 1 N–H and O–H groups in total. The van der Waals surface area contributed by atoms with Crippen LogP contribution >= 0.6 is 15.9 Å². The smallest absolute Gasteiger partial charge is 0.290 e. The lowest BCUT2D eigenvalue weighted by Gasteiger charge is -2.07. The molecular formula is C18H16BrN2O+. The summed E-state index contributed by atoms with van der Waals surface area (Å²) >= 11 is 3.42. The van der Waals surface area contributed by atoms with Crippen molar-refractivity contribution in [1.29, 1.82) is 0 Å². The highest BCUT2D eigenvalue weighted by atomic mass is 79.9. The standard InChI is InChI=1S/C18H15BrN2O/c1-13-10-16(19)6-7-17(13)20-18(22)12-21-9-8-14-4-2-3-5-15(14)11-21/h2-11H,12H2,1H3/p+1. The van der Waals surface area contributed by atoms with Crippen LogP contribution in [-0.2, 0) is 11.3 Å². The van der Waals surface area contributed by atoms with Crippen LogP contribution in [0.5, 0.6) is 0 Å². The molecule has 22 heavy (non-hydrogen) atoms. The molecule has 3 nitrogen and oxygen atoms in total. The minimum Gasteiger partial charge on any atom is -0.320 e. The number of aromatic nitrogens is 1. The highest BCUT2D eigenvalue weighted by Crippen LogP contribution is 2.19. The van der Waals surface area contributed by atoms with Crippen LogP contribution in [0.3, 0.4) is 0 Å². The number of hydrogen-bond donors (Lipinski definition) is 1. The van der Waals surface area contributed by atoms with Crippen molar-refractivity contribution in [3.63, 3.8) is 0 Å². The Labute approximate surface area is 137 Å². The minimum absolute atomic E-state index is 0.0364. The fourth-order valence-corrected chi connectivity index (χ4v) is 2.87. The third-order valence-corrected chi connectivity index (χ3v) is 4.03. The number of halogens is 1. The van der Waals surface area contributed by atoms with Gasteiger partial charge in [0.25, 0.3) is 5.91 Å². The lowest BCUT2D eigenvalue weighted by atomic mass is 10.2. The average molecular weight is 356 g/mol. The number of hydrogen-bond acceptors (Lipinski definition) is 1. The molecule has 0 aliphatic rings. The van der Waals surface area contributed by atoms with Gasteiger partial charge in [-0.15, -0.1) is 0 Å². The van der Waals surface area contributed by atoms with E-state index in [2.05, 4.69) is 27.3 Å². The molecular weight excluding hydrogens is 340 g/mol. The number of carbonyl (C=O) groups excluding carboxylic acids is 1. The first-order valence-corrected chi connectivity index (χ1v) is 7.85. The SMILES string of the molecule is Cc1cc(Br)ccc1NC(=O)C[n+]1ccc2ccccc2c1. The van der Waals surface area contributed by atoms with Crippen LogP contribution < -0.4 is 9.88 Å². The van der Waals surface area contributed by atoms with Crippen LogP contribution in [0, 0.1) is 6.92 Å². The van der Waals surface area contributed by atoms with E-state index in [-0.39, 0.29) is 5.91 Å². The zero-order valence-electron chi connectivity index (χ0n) is 12.2. The van der Waals surface area contributed by atoms with Crippen molar-refractivity contribution >= 4 is 38.3 Å². The van der Waals surface area contributed by atoms with Crippen LogP contribution in [-0.4, -0.2) is 5.91 Å². The van der Waals surface area contributed by atoms with Gasteiger partial charge in [-0.3, -0.25) is 4.79 Å². The first kappa shape index (κ1) is 14.7. The van der Waals surface area contributed by atoms with Gasteiger partial charge in [-0.2, -0.15) is 4.57 Å². The Morgan fingerprint density at radius 3 is 2.68 bits per heavy atom. The van der Waals surface area contributed by atoms with Crippen molar-refractivity contribution in [2.75, 3.05) is 5.32 Å². The van der Waals surface area contributed by atoms with E-state index in [1.165, 1.54) is 5.39 Å². The number of carbonyl (C=O) groups is 1. The number of anilines is 1. The lowest BCUT2D eigenvalue weighted by Crippen LogP contribution is -2.39. The number of nitrogens with one attached hydrogen (secondary N) is 1. The number of aryl methyl sites for hydroxylation is 1. The second kappa shape index (κ2) is 6.28. The number of benzene rings is 2. The molecule has 0 aliphatic heterocycles. The fraction of sp³-hybridized carbons (Fsp3) is 0.111. The highest BCUT2D eigenvalue weighted by Gasteiger charge is 2.11. The summed E-state index contributed by atoms with van der Waals surface area (Å²) in [5.41, 5.74) is 1.88. The largest absolute Gasteiger partial charge is 0.320 e. The van der Waals surface area contributed by atoms with Crippen molar-refractivity contribution in [2.24, 2.45) is 0 Å². The predicted molar refractivity (Wildman–Crippen MR) is 91.7 cm³/mol. The number of fused-ring (bicyclic) bond motifs is 1. The summed E-state index contributed by atoms with van der Waals surface area (Å²) < 4.78 is 2.90. The Morgan fingerprint density at radius 2 is 1.91 bits per heavy atom. The molecule has 0 saturated heterocycles. The Balaban J connectivity index is 1.75. The van der Waals surface area contributed by atoms with E-state index in [0.29, 0.717) is 6.54 Å². The molecule has 1 heterocycles. The van der Waals surface area contributed by atoms with Crippen LogP contribution in [0.15, 0.2) is 65.4 Å². The topological polar surface area (TPSA) is 33.0 Å². The van der Waals surface area contributed by atoms with Gasteiger partial charge in [0.05, 0.1) is 0 Å². The summed E-state index contributed by atoms with van der Waals surface area (Å²) in [4.78, 5) is 12.2. The van der Waals surface area contributed by atoms with Gasteiger partial charge in [-0.05, 0) is 42.1 Å². The summed E-state index contributed by atoms with van der Waals surface area (Å²) in [5.74, 6) is -0.0364. The van der Waals surface area contributed by atoms with E-state index in [9.17, 15) is 4.79 Å². The molecule has 0 aliphatic carbocycles. The van der Waals surface area contributed by atoms with Crippen molar-refractivity contribution in [2.45, 2.75) is 13.5 Å². The van der Waals surface area contributed by atoms with Gasteiger partial charge in [0.2, 0.25) is 6.54 Å². The van der Waals surface area contributed by atoms with Gasteiger partial charge >= 0.3 is 0 Å². The van der Waals surface area contributed by atoms with Crippen LogP contribution in [0.4, 0.5) is 5.69 Å². The molecule has 3 aromatic rings. The number of pyridine rings is 1. The minimum atomic E-state index is -0.0364. The Bertz CT molecular complexity index is 845. The van der Waals surface area contributed by atoms with Crippen LogP contribution in [0.1, 0.15) is 5.56 Å². The van der Waals surface area contributed by atoms with E-state index < -0.39 is 0 Å². The monoisotopic (exact) mass is 355 g/mol. The van der Waals surface area contributed by atoms with Crippen molar-refractivity contribution < 1.29 is 9.36 Å². The quantitative estimate of drug-likeness (QED) is 0.711. The fourth-order valence-electron chi connectivity index (χ4n) is 2.40. The first-order chi connectivity index (χ1) is 10.6. The molecule has 0 spiro atoms. The molecule has 4 heteroatoms. The van der Waals surface area contributed by atoms with Crippen molar-refractivity contribution in [1.82, 2.24) is 0 Å². The molecule has 110 valence electrons. The molecule has 3 rings (SSSR count).